The predicted octanol–water partition coefficient (Wildman–Crippen LogP) is 4.99. The van der Waals surface area contributed by atoms with E-state index >= 15 is 0 Å². The van der Waals surface area contributed by atoms with Gasteiger partial charge in [-0.15, -0.1) is 23.1 Å². The minimum atomic E-state index is 0.0215. The van der Waals surface area contributed by atoms with Crippen LogP contribution in [0.5, 0.6) is 0 Å². The molecule has 3 nitrogen and oxygen atoms in total. The number of amides is 1. The van der Waals surface area contributed by atoms with Gasteiger partial charge in [-0.05, 0) is 24.6 Å². The highest BCUT2D eigenvalue weighted by Crippen LogP contribution is 2.23. The van der Waals surface area contributed by atoms with Gasteiger partial charge in [0, 0.05) is 22.4 Å². The van der Waals surface area contributed by atoms with Gasteiger partial charge in [-0.3, -0.25) is 4.79 Å². The summed E-state index contributed by atoms with van der Waals surface area (Å²) < 4.78 is 0. The lowest BCUT2D eigenvalue weighted by Crippen LogP contribution is -2.14. The predicted molar refractivity (Wildman–Crippen MR) is 104 cm³/mol. The molecule has 2 aromatic carbocycles. The number of hydrogen-bond donors (Lipinski definition) is 1. The number of thiazole rings is 1. The number of carbonyl (C=O) groups excluding carboxylic acids is 1. The van der Waals surface area contributed by atoms with Gasteiger partial charge in [0.25, 0.3) is 0 Å². The Balaban J connectivity index is 1.49. The van der Waals surface area contributed by atoms with Crippen LogP contribution >= 0.6 is 23.1 Å². The van der Waals surface area contributed by atoms with Crippen LogP contribution in [0.15, 0.2) is 60.0 Å². The van der Waals surface area contributed by atoms with Gasteiger partial charge < -0.3 is 5.32 Å². The van der Waals surface area contributed by atoms with Crippen molar-refractivity contribution in [1.82, 2.24) is 4.98 Å². The van der Waals surface area contributed by atoms with Crippen LogP contribution in [0.25, 0.3) is 11.3 Å². The fourth-order valence-corrected chi connectivity index (χ4v) is 3.66. The van der Waals surface area contributed by atoms with E-state index in [1.165, 1.54) is 5.56 Å². The molecule has 1 aromatic heterocycles. The number of benzene rings is 2. The summed E-state index contributed by atoms with van der Waals surface area (Å²) >= 11 is 3.25. The van der Waals surface area contributed by atoms with Crippen LogP contribution in [0.4, 0.5) is 5.69 Å². The third-order valence-corrected chi connectivity index (χ3v) is 5.21. The summed E-state index contributed by atoms with van der Waals surface area (Å²) in [5.41, 5.74) is 4.10. The van der Waals surface area contributed by atoms with E-state index in [4.69, 9.17) is 0 Å². The molecule has 24 heavy (non-hydrogen) atoms. The maximum atomic E-state index is 12.0. The summed E-state index contributed by atoms with van der Waals surface area (Å²) in [5, 5.41) is 6.03. The Morgan fingerprint density at radius 3 is 2.54 bits per heavy atom. The smallest absolute Gasteiger partial charge is 0.234 e. The van der Waals surface area contributed by atoms with Gasteiger partial charge in [-0.25, -0.2) is 4.98 Å². The highest BCUT2D eigenvalue weighted by atomic mass is 32.2. The van der Waals surface area contributed by atoms with Gasteiger partial charge in [0.2, 0.25) is 5.91 Å². The van der Waals surface area contributed by atoms with Crippen molar-refractivity contribution in [2.75, 3.05) is 11.1 Å². The first-order valence-corrected chi connectivity index (χ1v) is 9.68. The second-order valence-corrected chi connectivity index (χ2v) is 7.40. The molecule has 1 amide bonds. The maximum Gasteiger partial charge on any atom is 0.234 e. The Morgan fingerprint density at radius 2 is 1.88 bits per heavy atom. The second kappa shape index (κ2) is 8.13. The molecule has 0 saturated carbocycles. The van der Waals surface area contributed by atoms with Gasteiger partial charge in [-0.1, -0.05) is 42.5 Å². The van der Waals surface area contributed by atoms with Crippen molar-refractivity contribution in [3.8, 4) is 11.3 Å². The van der Waals surface area contributed by atoms with Crippen LogP contribution in [-0.4, -0.2) is 16.6 Å². The number of anilines is 1. The van der Waals surface area contributed by atoms with Crippen LogP contribution in [0.2, 0.25) is 0 Å². The van der Waals surface area contributed by atoms with Crippen LogP contribution < -0.4 is 5.32 Å². The zero-order valence-electron chi connectivity index (χ0n) is 13.4. The largest absolute Gasteiger partial charge is 0.325 e. The lowest BCUT2D eigenvalue weighted by molar-refractivity contribution is -0.113. The average Bonchev–Trinajstić information content (AvgIpc) is 3.03. The molecule has 0 radical (unpaired) electrons. The highest BCUT2D eigenvalue weighted by Gasteiger charge is 2.05. The number of nitrogens with one attached hydrogen (secondary N) is 1. The summed E-state index contributed by atoms with van der Waals surface area (Å²) in [7, 11) is 0. The topological polar surface area (TPSA) is 42.0 Å². The maximum absolute atomic E-state index is 12.0. The van der Waals surface area contributed by atoms with Gasteiger partial charge in [-0.2, -0.15) is 0 Å². The van der Waals surface area contributed by atoms with Gasteiger partial charge >= 0.3 is 0 Å². The first-order valence-electron chi connectivity index (χ1n) is 7.65. The Labute approximate surface area is 150 Å². The SMILES string of the molecule is Cc1nc(-c2ccc(NC(=O)CSCc3ccccc3)cc2)cs1. The van der Waals surface area contributed by atoms with E-state index in [0.29, 0.717) is 5.75 Å². The highest BCUT2D eigenvalue weighted by molar-refractivity contribution is 7.99. The quantitative estimate of drug-likeness (QED) is 0.678. The lowest BCUT2D eigenvalue weighted by atomic mass is 10.1. The molecule has 3 aromatic rings. The van der Waals surface area contributed by atoms with Crippen LogP contribution in [0.3, 0.4) is 0 Å². The fourth-order valence-electron chi connectivity index (χ4n) is 2.25. The standard InChI is InChI=1S/C19H18N2OS2/c1-14-20-18(12-24-14)16-7-9-17(10-8-16)21-19(22)13-23-11-15-5-3-2-4-6-15/h2-10,12H,11,13H2,1H3,(H,21,22). The molecule has 0 aliphatic rings. The summed E-state index contributed by atoms with van der Waals surface area (Å²) in [5.74, 6) is 1.31. The monoisotopic (exact) mass is 354 g/mol. The molecule has 0 fully saturated rings. The van der Waals surface area contributed by atoms with Gasteiger partial charge in [0.1, 0.15) is 0 Å². The molecule has 5 heteroatoms. The Hall–Kier alpha value is -2.11. The summed E-state index contributed by atoms with van der Waals surface area (Å²) in [6.07, 6.45) is 0. The molecule has 0 spiro atoms. The first kappa shape index (κ1) is 16.7. The summed E-state index contributed by atoms with van der Waals surface area (Å²) in [4.78, 5) is 16.5. The number of aryl methyl sites for hydroxylation is 1. The van der Waals surface area contributed by atoms with Crippen LogP contribution in [-0.2, 0) is 10.5 Å². The minimum Gasteiger partial charge on any atom is -0.325 e. The molecule has 0 aliphatic carbocycles. The summed E-state index contributed by atoms with van der Waals surface area (Å²) in [6.45, 7) is 2.00. The van der Waals surface area contributed by atoms with Crippen molar-refractivity contribution in [2.24, 2.45) is 0 Å². The molecule has 0 unspecified atom stereocenters. The number of rotatable bonds is 6. The zero-order valence-corrected chi connectivity index (χ0v) is 15.0. The molecule has 0 aliphatic heterocycles. The molecule has 3 rings (SSSR count). The van der Waals surface area contributed by atoms with E-state index in [1.54, 1.807) is 23.1 Å². The summed E-state index contributed by atoms with van der Waals surface area (Å²) in [6, 6.07) is 18.0. The zero-order chi connectivity index (χ0) is 16.8. The fraction of sp³-hybridized carbons (Fsp3) is 0.158. The third-order valence-electron chi connectivity index (χ3n) is 3.43. The molecule has 122 valence electrons. The molecule has 1 N–H and O–H groups in total. The number of hydrogen-bond acceptors (Lipinski definition) is 4. The molecule has 0 atom stereocenters. The minimum absolute atomic E-state index is 0.0215. The normalized spacial score (nSPS) is 10.5. The second-order valence-electron chi connectivity index (χ2n) is 5.36. The van der Waals surface area contributed by atoms with E-state index in [0.717, 1.165) is 27.7 Å². The van der Waals surface area contributed by atoms with Crippen molar-refractivity contribution in [1.29, 1.82) is 0 Å². The average molecular weight is 354 g/mol. The van der Waals surface area contributed by atoms with Crippen molar-refractivity contribution in [3.05, 3.63) is 70.5 Å². The first-order chi connectivity index (χ1) is 11.7. The number of aromatic nitrogens is 1. The van der Waals surface area contributed by atoms with E-state index < -0.39 is 0 Å². The number of thioether (sulfide) groups is 1. The number of carbonyl (C=O) groups is 1. The van der Waals surface area contributed by atoms with E-state index in [9.17, 15) is 4.79 Å². The third kappa shape index (κ3) is 4.69. The molecule has 1 heterocycles. The van der Waals surface area contributed by atoms with Crippen LogP contribution in [0, 0.1) is 6.92 Å². The van der Waals surface area contributed by atoms with Gasteiger partial charge in [0.05, 0.1) is 16.5 Å². The molecular formula is C19H18N2OS2. The molecular weight excluding hydrogens is 336 g/mol. The number of nitrogens with zero attached hydrogens (tertiary/aromatic N) is 1. The Morgan fingerprint density at radius 1 is 1.12 bits per heavy atom. The van der Waals surface area contributed by atoms with E-state index in [-0.39, 0.29) is 5.91 Å². The van der Waals surface area contributed by atoms with Crippen molar-refractivity contribution >= 4 is 34.7 Å². The van der Waals surface area contributed by atoms with Gasteiger partial charge in [0.15, 0.2) is 0 Å². The van der Waals surface area contributed by atoms with E-state index in [1.807, 2.05) is 54.8 Å². The lowest BCUT2D eigenvalue weighted by Gasteiger charge is -2.06. The van der Waals surface area contributed by atoms with Crippen molar-refractivity contribution in [3.63, 3.8) is 0 Å². The van der Waals surface area contributed by atoms with Crippen molar-refractivity contribution in [2.45, 2.75) is 12.7 Å². The Bertz CT molecular complexity index is 798. The van der Waals surface area contributed by atoms with Crippen LogP contribution in [0.1, 0.15) is 10.6 Å². The Kier molecular flexibility index (Phi) is 5.67. The molecule has 0 saturated heterocycles. The molecule has 0 bridgehead atoms. The van der Waals surface area contributed by atoms with E-state index in [2.05, 4.69) is 22.4 Å². The van der Waals surface area contributed by atoms with Crippen molar-refractivity contribution < 1.29 is 4.79 Å².